The van der Waals surface area contributed by atoms with Crippen molar-refractivity contribution in [2.75, 3.05) is 12.4 Å². The second-order valence-corrected chi connectivity index (χ2v) is 7.36. The van der Waals surface area contributed by atoms with Crippen molar-refractivity contribution in [1.29, 1.82) is 0 Å². The number of carbonyl (C=O) groups excluding carboxylic acids is 2. The van der Waals surface area contributed by atoms with E-state index in [2.05, 4.69) is 30.8 Å². The highest BCUT2D eigenvalue weighted by atomic mass is 19.1. The number of benzene rings is 2. The number of aryl methyl sites for hydroxylation is 1. The standard InChI is InChI=1S/C23H21FN6O3/c1-13-8-15(6-7-17(13)24)11-25-23(32)21-19-20(26-12-27-21)22(30-29-19)28-18(31)10-14-4-3-5-16(9-14)33-2/h3-9,12H,10-11H2,1-2H3,(H,25,32)(H2,28,29,30,31). The summed E-state index contributed by atoms with van der Waals surface area (Å²) in [6.45, 7) is 1.85. The Balaban J connectivity index is 1.47. The van der Waals surface area contributed by atoms with Crippen LogP contribution in [0.4, 0.5) is 10.2 Å². The number of nitrogens with zero attached hydrogens (tertiary/aromatic N) is 3. The first kappa shape index (κ1) is 21.9. The minimum absolute atomic E-state index is 0.0830. The lowest BCUT2D eigenvalue weighted by Gasteiger charge is -2.07. The fourth-order valence-electron chi connectivity index (χ4n) is 3.32. The topological polar surface area (TPSA) is 122 Å². The van der Waals surface area contributed by atoms with Crippen molar-refractivity contribution in [3.63, 3.8) is 0 Å². The van der Waals surface area contributed by atoms with E-state index >= 15 is 0 Å². The number of methoxy groups -OCH3 is 1. The fraction of sp³-hybridized carbons (Fsp3) is 0.174. The molecule has 3 N–H and O–H groups in total. The summed E-state index contributed by atoms with van der Waals surface area (Å²) >= 11 is 0. The van der Waals surface area contributed by atoms with E-state index in [-0.39, 0.29) is 36.2 Å². The van der Waals surface area contributed by atoms with Gasteiger partial charge in [-0.25, -0.2) is 14.4 Å². The quantitative estimate of drug-likeness (QED) is 0.400. The minimum Gasteiger partial charge on any atom is -0.497 e. The summed E-state index contributed by atoms with van der Waals surface area (Å²) in [4.78, 5) is 33.4. The molecule has 4 aromatic rings. The normalized spacial score (nSPS) is 10.8. The molecule has 2 aromatic carbocycles. The average Bonchev–Trinajstić information content (AvgIpc) is 3.22. The van der Waals surface area contributed by atoms with Crippen LogP contribution in [0, 0.1) is 12.7 Å². The van der Waals surface area contributed by atoms with Gasteiger partial charge in [-0.15, -0.1) is 0 Å². The molecule has 2 heterocycles. The van der Waals surface area contributed by atoms with Gasteiger partial charge in [0, 0.05) is 6.54 Å². The van der Waals surface area contributed by atoms with Gasteiger partial charge in [-0.1, -0.05) is 24.3 Å². The van der Waals surface area contributed by atoms with Gasteiger partial charge < -0.3 is 15.4 Å². The smallest absolute Gasteiger partial charge is 0.272 e. The van der Waals surface area contributed by atoms with E-state index in [1.165, 1.54) is 12.4 Å². The van der Waals surface area contributed by atoms with Gasteiger partial charge in [0.2, 0.25) is 5.91 Å². The van der Waals surface area contributed by atoms with Crippen molar-refractivity contribution in [3.05, 3.63) is 77.0 Å². The van der Waals surface area contributed by atoms with E-state index in [9.17, 15) is 14.0 Å². The lowest BCUT2D eigenvalue weighted by Crippen LogP contribution is -2.24. The monoisotopic (exact) mass is 448 g/mol. The van der Waals surface area contributed by atoms with Gasteiger partial charge in [-0.05, 0) is 41.8 Å². The molecule has 9 nitrogen and oxygen atoms in total. The van der Waals surface area contributed by atoms with Gasteiger partial charge in [0.25, 0.3) is 5.91 Å². The Morgan fingerprint density at radius 3 is 2.76 bits per heavy atom. The van der Waals surface area contributed by atoms with E-state index in [1.807, 2.05) is 6.07 Å². The summed E-state index contributed by atoms with van der Waals surface area (Å²) in [5.41, 5.74) is 2.71. The molecule has 0 aliphatic carbocycles. The predicted molar refractivity (Wildman–Crippen MR) is 119 cm³/mol. The summed E-state index contributed by atoms with van der Waals surface area (Å²) < 4.78 is 18.6. The van der Waals surface area contributed by atoms with Crippen LogP contribution in [0.15, 0.2) is 48.8 Å². The van der Waals surface area contributed by atoms with Crippen LogP contribution in [-0.4, -0.2) is 39.1 Å². The van der Waals surface area contributed by atoms with Crippen LogP contribution in [0.1, 0.15) is 27.2 Å². The Hall–Kier alpha value is -4.34. The number of ether oxygens (including phenoxy) is 1. The van der Waals surface area contributed by atoms with Gasteiger partial charge >= 0.3 is 0 Å². The Bertz CT molecular complexity index is 1340. The SMILES string of the molecule is COc1cccc(CC(=O)Nc2n[nH]c3c(C(=O)NCc4ccc(F)c(C)c4)ncnc23)c1. The van der Waals surface area contributed by atoms with Gasteiger partial charge in [0.15, 0.2) is 11.5 Å². The molecule has 4 rings (SSSR count). The largest absolute Gasteiger partial charge is 0.497 e. The predicted octanol–water partition coefficient (Wildman–Crippen LogP) is 2.92. The molecular formula is C23H21FN6O3. The lowest BCUT2D eigenvalue weighted by molar-refractivity contribution is -0.115. The van der Waals surface area contributed by atoms with E-state index < -0.39 is 5.91 Å². The summed E-state index contributed by atoms with van der Waals surface area (Å²) in [6.07, 6.45) is 1.34. The highest BCUT2D eigenvalue weighted by molar-refractivity contribution is 6.06. The van der Waals surface area contributed by atoms with E-state index in [0.29, 0.717) is 22.3 Å². The van der Waals surface area contributed by atoms with Crippen LogP contribution < -0.4 is 15.4 Å². The molecular weight excluding hydrogens is 427 g/mol. The molecule has 33 heavy (non-hydrogen) atoms. The number of nitrogens with one attached hydrogen (secondary N) is 3. The van der Waals surface area contributed by atoms with Crippen LogP contribution in [0.2, 0.25) is 0 Å². The molecule has 0 saturated carbocycles. The van der Waals surface area contributed by atoms with Crippen molar-refractivity contribution in [3.8, 4) is 5.75 Å². The summed E-state index contributed by atoms with van der Waals surface area (Å²) in [5.74, 6) is -0.204. The maximum atomic E-state index is 13.4. The number of rotatable bonds is 7. The van der Waals surface area contributed by atoms with Crippen LogP contribution in [-0.2, 0) is 17.8 Å². The first-order chi connectivity index (χ1) is 15.9. The Morgan fingerprint density at radius 1 is 1.12 bits per heavy atom. The highest BCUT2D eigenvalue weighted by Gasteiger charge is 2.18. The zero-order valence-corrected chi connectivity index (χ0v) is 18.0. The van der Waals surface area contributed by atoms with Gasteiger partial charge in [0.05, 0.1) is 13.5 Å². The number of H-pyrrole nitrogens is 1. The molecule has 0 radical (unpaired) electrons. The number of aromatic amines is 1. The molecule has 0 aliphatic rings. The second-order valence-electron chi connectivity index (χ2n) is 7.36. The number of carbonyl (C=O) groups is 2. The van der Waals surface area contributed by atoms with Gasteiger partial charge in [0.1, 0.15) is 28.9 Å². The molecule has 2 amide bonds. The molecule has 0 fully saturated rings. The summed E-state index contributed by atoms with van der Waals surface area (Å²) in [6, 6.07) is 11.8. The maximum absolute atomic E-state index is 13.4. The molecule has 0 aliphatic heterocycles. The zero-order chi connectivity index (χ0) is 23.4. The van der Waals surface area contributed by atoms with Crippen LogP contribution >= 0.6 is 0 Å². The maximum Gasteiger partial charge on any atom is 0.272 e. The Kier molecular flexibility index (Phi) is 6.25. The van der Waals surface area contributed by atoms with Crippen molar-refractivity contribution >= 4 is 28.7 Å². The molecule has 2 aromatic heterocycles. The molecule has 10 heteroatoms. The Labute approximate surface area is 188 Å². The number of amides is 2. The molecule has 0 bridgehead atoms. The van der Waals surface area contributed by atoms with Crippen LogP contribution in [0.3, 0.4) is 0 Å². The van der Waals surface area contributed by atoms with Crippen molar-refractivity contribution < 1.29 is 18.7 Å². The fourth-order valence-corrected chi connectivity index (χ4v) is 3.32. The first-order valence-corrected chi connectivity index (χ1v) is 10.1. The molecule has 0 atom stereocenters. The zero-order valence-electron chi connectivity index (χ0n) is 18.0. The lowest BCUT2D eigenvalue weighted by atomic mass is 10.1. The number of fused-ring (bicyclic) bond motifs is 1. The summed E-state index contributed by atoms with van der Waals surface area (Å²) in [5, 5.41) is 12.3. The number of hydrogen-bond donors (Lipinski definition) is 3. The number of halogens is 1. The van der Waals surface area contributed by atoms with Crippen molar-refractivity contribution in [2.45, 2.75) is 19.9 Å². The molecule has 0 saturated heterocycles. The Morgan fingerprint density at radius 2 is 1.97 bits per heavy atom. The van der Waals surface area contributed by atoms with Crippen LogP contribution in [0.25, 0.3) is 11.0 Å². The minimum atomic E-state index is -0.456. The molecule has 168 valence electrons. The number of aromatic nitrogens is 4. The number of anilines is 1. The third-order valence-corrected chi connectivity index (χ3v) is 5.00. The second kappa shape index (κ2) is 9.43. The van der Waals surface area contributed by atoms with Crippen molar-refractivity contribution in [2.24, 2.45) is 0 Å². The third-order valence-electron chi connectivity index (χ3n) is 5.00. The van der Waals surface area contributed by atoms with Gasteiger partial charge in [-0.3, -0.25) is 14.7 Å². The van der Waals surface area contributed by atoms with Crippen LogP contribution in [0.5, 0.6) is 5.75 Å². The average molecular weight is 448 g/mol. The number of hydrogen-bond acceptors (Lipinski definition) is 6. The molecule has 0 unspecified atom stereocenters. The molecule has 0 spiro atoms. The third kappa shape index (κ3) is 4.95. The first-order valence-electron chi connectivity index (χ1n) is 10.1. The van der Waals surface area contributed by atoms with Crippen molar-refractivity contribution in [1.82, 2.24) is 25.5 Å². The van der Waals surface area contributed by atoms with E-state index in [4.69, 9.17) is 4.74 Å². The van der Waals surface area contributed by atoms with E-state index in [0.717, 1.165) is 11.1 Å². The van der Waals surface area contributed by atoms with E-state index in [1.54, 1.807) is 44.4 Å². The summed E-state index contributed by atoms with van der Waals surface area (Å²) in [7, 11) is 1.56. The van der Waals surface area contributed by atoms with Gasteiger partial charge in [-0.2, -0.15) is 5.10 Å². The highest BCUT2D eigenvalue weighted by Crippen LogP contribution is 2.20.